The molecule has 0 aliphatic carbocycles. The van der Waals surface area contributed by atoms with Crippen molar-refractivity contribution in [1.82, 2.24) is 0 Å². The summed E-state index contributed by atoms with van der Waals surface area (Å²) in [5.74, 6) is 0.253. The smallest absolute Gasteiger partial charge is 0.200 e. The van der Waals surface area contributed by atoms with Gasteiger partial charge in [-0.15, -0.1) is 0 Å². The standard InChI is InChI=1S/C13H30O2Si/c1-10(2)16(11(3)4,12(5)6)15-9-13(7)8-14/h10-14H,8-9H2,1-7H3/t13-/m0/s1. The highest BCUT2D eigenvalue weighted by molar-refractivity contribution is 6.77. The molecular formula is C13H30O2Si. The fourth-order valence-electron chi connectivity index (χ4n) is 2.84. The molecule has 1 atom stereocenters. The Morgan fingerprint density at radius 2 is 1.25 bits per heavy atom. The predicted molar refractivity (Wildman–Crippen MR) is 73.2 cm³/mol. The molecular weight excluding hydrogens is 216 g/mol. The molecule has 98 valence electrons. The number of aliphatic hydroxyl groups excluding tert-OH is 1. The molecule has 0 bridgehead atoms. The average molecular weight is 246 g/mol. The molecule has 0 spiro atoms. The summed E-state index contributed by atoms with van der Waals surface area (Å²) >= 11 is 0. The SMILES string of the molecule is CC(C)[Si](OC[C@@H](C)CO)(C(C)C)C(C)C. The fourth-order valence-corrected chi connectivity index (χ4v) is 8.41. The van der Waals surface area contributed by atoms with E-state index in [2.05, 4.69) is 41.5 Å². The summed E-state index contributed by atoms with van der Waals surface area (Å²) in [6.45, 7) is 16.7. The van der Waals surface area contributed by atoms with Crippen LogP contribution in [0.5, 0.6) is 0 Å². The van der Waals surface area contributed by atoms with Crippen molar-refractivity contribution in [3.05, 3.63) is 0 Å². The molecule has 2 nitrogen and oxygen atoms in total. The summed E-state index contributed by atoms with van der Waals surface area (Å²) in [7, 11) is -1.72. The number of aliphatic hydroxyl groups is 1. The van der Waals surface area contributed by atoms with Gasteiger partial charge >= 0.3 is 0 Å². The first-order valence-electron chi connectivity index (χ1n) is 6.53. The average Bonchev–Trinajstić information content (AvgIpc) is 2.16. The van der Waals surface area contributed by atoms with Crippen LogP contribution in [0, 0.1) is 5.92 Å². The molecule has 0 aromatic carbocycles. The van der Waals surface area contributed by atoms with Gasteiger partial charge in [0.05, 0.1) is 0 Å². The molecule has 0 amide bonds. The van der Waals surface area contributed by atoms with Gasteiger partial charge in [-0.25, -0.2) is 0 Å². The molecule has 0 aromatic rings. The van der Waals surface area contributed by atoms with Crippen LogP contribution in [0.15, 0.2) is 0 Å². The van der Waals surface area contributed by atoms with Gasteiger partial charge in [-0.05, 0) is 16.6 Å². The zero-order valence-corrected chi connectivity index (χ0v) is 13.1. The summed E-state index contributed by atoms with van der Waals surface area (Å²) in [6.07, 6.45) is 0. The molecule has 16 heavy (non-hydrogen) atoms. The Kier molecular flexibility index (Phi) is 6.83. The number of hydrogen-bond acceptors (Lipinski definition) is 2. The highest BCUT2D eigenvalue weighted by atomic mass is 28.4. The van der Waals surface area contributed by atoms with E-state index in [0.717, 1.165) is 0 Å². The van der Waals surface area contributed by atoms with E-state index in [1.165, 1.54) is 0 Å². The molecule has 0 aliphatic rings. The fraction of sp³-hybridized carbons (Fsp3) is 1.00. The maximum absolute atomic E-state index is 9.08. The zero-order valence-electron chi connectivity index (χ0n) is 12.1. The Balaban J connectivity index is 4.77. The van der Waals surface area contributed by atoms with Crippen molar-refractivity contribution in [2.24, 2.45) is 5.92 Å². The minimum Gasteiger partial charge on any atom is -0.416 e. The van der Waals surface area contributed by atoms with Crippen molar-refractivity contribution < 1.29 is 9.53 Å². The van der Waals surface area contributed by atoms with Gasteiger partial charge in [0.1, 0.15) is 0 Å². The Bertz CT molecular complexity index is 169. The second-order valence-electron chi connectivity index (χ2n) is 5.92. The monoisotopic (exact) mass is 246 g/mol. The lowest BCUT2D eigenvalue weighted by atomic mass is 10.2. The Hall–Kier alpha value is 0.137. The van der Waals surface area contributed by atoms with E-state index in [1.54, 1.807) is 0 Å². The van der Waals surface area contributed by atoms with Crippen molar-refractivity contribution in [2.45, 2.75) is 65.1 Å². The van der Waals surface area contributed by atoms with Crippen LogP contribution in [0.2, 0.25) is 16.6 Å². The van der Waals surface area contributed by atoms with Crippen LogP contribution in [0.25, 0.3) is 0 Å². The van der Waals surface area contributed by atoms with Crippen LogP contribution in [0.1, 0.15) is 48.5 Å². The van der Waals surface area contributed by atoms with Crippen LogP contribution < -0.4 is 0 Å². The third kappa shape index (κ3) is 3.57. The Labute approximate surface area is 103 Å². The van der Waals surface area contributed by atoms with Gasteiger partial charge in [-0.3, -0.25) is 0 Å². The highest BCUT2D eigenvalue weighted by Gasteiger charge is 2.45. The van der Waals surface area contributed by atoms with E-state index in [4.69, 9.17) is 9.53 Å². The first-order chi connectivity index (χ1) is 7.28. The predicted octanol–water partition coefficient (Wildman–Crippen LogP) is 3.81. The third-order valence-electron chi connectivity index (χ3n) is 3.64. The number of rotatable bonds is 7. The van der Waals surface area contributed by atoms with Crippen molar-refractivity contribution in [3.63, 3.8) is 0 Å². The molecule has 0 heterocycles. The molecule has 0 radical (unpaired) electrons. The summed E-state index contributed by atoms with van der Waals surface area (Å²) in [6, 6.07) is 0. The van der Waals surface area contributed by atoms with Crippen molar-refractivity contribution in [2.75, 3.05) is 13.2 Å². The van der Waals surface area contributed by atoms with Gasteiger partial charge in [0.15, 0.2) is 8.32 Å². The molecule has 1 N–H and O–H groups in total. The topological polar surface area (TPSA) is 29.5 Å². The lowest BCUT2D eigenvalue weighted by Gasteiger charge is -2.42. The normalized spacial score (nSPS) is 15.2. The zero-order chi connectivity index (χ0) is 12.9. The Morgan fingerprint density at radius 3 is 1.50 bits per heavy atom. The van der Waals surface area contributed by atoms with Crippen molar-refractivity contribution >= 4 is 8.32 Å². The van der Waals surface area contributed by atoms with Crippen LogP contribution in [-0.4, -0.2) is 26.6 Å². The molecule has 0 rings (SSSR count). The molecule has 3 heteroatoms. The van der Waals surface area contributed by atoms with Crippen molar-refractivity contribution in [3.8, 4) is 0 Å². The quantitative estimate of drug-likeness (QED) is 0.692. The molecule has 0 saturated heterocycles. The Morgan fingerprint density at radius 1 is 0.875 bits per heavy atom. The molecule has 0 aliphatic heterocycles. The second-order valence-corrected chi connectivity index (χ2v) is 11.4. The van der Waals surface area contributed by atoms with Crippen molar-refractivity contribution in [1.29, 1.82) is 0 Å². The first kappa shape index (κ1) is 16.1. The van der Waals surface area contributed by atoms with E-state index in [-0.39, 0.29) is 12.5 Å². The minimum atomic E-state index is -1.72. The van der Waals surface area contributed by atoms with E-state index in [0.29, 0.717) is 23.2 Å². The van der Waals surface area contributed by atoms with Gasteiger partial charge in [0, 0.05) is 19.1 Å². The van der Waals surface area contributed by atoms with Crippen LogP contribution in [-0.2, 0) is 4.43 Å². The third-order valence-corrected chi connectivity index (χ3v) is 9.72. The van der Waals surface area contributed by atoms with Crippen LogP contribution in [0.4, 0.5) is 0 Å². The minimum absolute atomic E-state index is 0.221. The van der Waals surface area contributed by atoms with Gasteiger partial charge in [0.2, 0.25) is 0 Å². The maximum Gasteiger partial charge on any atom is 0.200 e. The molecule has 0 fully saturated rings. The lowest BCUT2D eigenvalue weighted by molar-refractivity contribution is 0.161. The maximum atomic E-state index is 9.08. The summed E-state index contributed by atoms with van der Waals surface area (Å²) in [4.78, 5) is 0. The summed E-state index contributed by atoms with van der Waals surface area (Å²) < 4.78 is 6.35. The van der Waals surface area contributed by atoms with Gasteiger partial charge in [-0.2, -0.15) is 0 Å². The first-order valence-corrected chi connectivity index (χ1v) is 8.67. The second kappa shape index (κ2) is 6.77. The molecule has 0 saturated carbocycles. The van der Waals surface area contributed by atoms with Crippen LogP contribution >= 0.6 is 0 Å². The molecule has 0 unspecified atom stereocenters. The van der Waals surface area contributed by atoms with E-state index >= 15 is 0 Å². The van der Waals surface area contributed by atoms with Gasteiger partial charge in [-0.1, -0.05) is 48.5 Å². The highest BCUT2D eigenvalue weighted by Crippen LogP contribution is 2.42. The van der Waals surface area contributed by atoms with E-state index < -0.39 is 8.32 Å². The largest absolute Gasteiger partial charge is 0.416 e. The van der Waals surface area contributed by atoms with Crippen LogP contribution in [0.3, 0.4) is 0 Å². The van der Waals surface area contributed by atoms with E-state index in [9.17, 15) is 0 Å². The number of hydrogen-bond donors (Lipinski definition) is 1. The summed E-state index contributed by atoms with van der Waals surface area (Å²) in [5, 5.41) is 9.08. The van der Waals surface area contributed by atoms with Gasteiger partial charge < -0.3 is 9.53 Å². The van der Waals surface area contributed by atoms with Gasteiger partial charge in [0.25, 0.3) is 0 Å². The lowest BCUT2D eigenvalue weighted by Crippen LogP contribution is -2.48. The van der Waals surface area contributed by atoms with E-state index in [1.807, 2.05) is 6.92 Å². The molecule has 0 aromatic heterocycles. The summed E-state index contributed by atoms with van der Waals surface area (Å²) in [5.41, 5.74) is 1.87.